The highest BCUT2D eigenvalue weighted by atomic mass is 79.9. The van der Waals surface area contributed by atoms with Gasteiger partial charge in [-0.05, 0) is 44.0 Å². The van der Waals surface area contributed by atoms with Crippen LogP contribution in [0.2, 0.25) is 0 Å². The Kier molecular flexibility index (Phi) is 4.82. The van der Waals surface area contributed by atoms with Crippen molar-refractivity contribution in [1.29, 1.82) is 0 Å². The molecule has 3 fully saturated rings. The molecule has 5 nitrogen and oxygen atoms in total. The zero-order valence-electron chi connectivity index (χ0n) is 14.4. The van der Waals surface area contributed by atoms with E-state index in [1.165, 1.54) is 19.3 Å². The molecule has 0 aliphatic carbocycles. The van der Waals surface area contributed by atoms with Crippen LogP contribution in [0.5, 0.6) is 0 Å². The highest BCUT2D eigenvalue weighted by Gasteiger charge is 2.41. The smallest absolute Gasteiger partial charge is 0.239 e. The van der Waals surface area contributed by atoms with Gasteiger partial charge in [-0.1, -0.05) is 28.4 Å². The van der Waals surface area contributed by atoms with Crippen molar-refractivity contribution in [3.8, 4) is 0 Å². The fourth-order valence-corrected chi connectivity index (χ4v) is 4.77. The van der Waals surface area contributed by atoms with Crippen LogP contribution in [0.4, 0.5) is 5.69 Å². The Bertz CT molecular complexity index is 680. The second-order valence-electron chi connectivity index (χ2n) is 7.28. The Morgan fingerprint density at radius 1 is 1.08 bits per heavy atom. The fraction of sp³-hybridized carbons (Fsp3) is 0.579. The molecule has 0 saturated carbocycles. The number of anilines is 1. The van der Waals surface area contributed by atoms with Crippen LogP contribution in [0.25, 0.3) is 0 Å². The fourth-order valence-electron chi connectivity index (χ4n) is 4.39. The van der Waals surface area contributed by atoms with Crippen molar-refractivity contribution in [2.75, 3.05) is 37.6 Å². The third kappa shape index (κ3) is 3.34. The first-order valence-corrected chi connectivity index (χ1v) is 10.0. The maximum absolute atomic E-state index is 13.0. The van der Waals surface area contributed by atoms with Gasteiger partial charge in [-0.15, -0.1) is 0 Å². The normalized spacial score (nSPS) is 27.5. The minimum absolute atomic E-state index is 0.0349. The van der Waals surface area contributed by atoms with Gasteiger partial charge in [-0.3, -0.25) is 14.5 Å². The Labute approximate surface area is 157 Å². The van der Waals surface area contributed by atoms with Gasteiger partial charge in [0.1, 0.15) is 5.92 Å². The third-order valence-electron chi connectivity index (χ3n) is 5.77. The van der Waals surface area contributed by atoms with Crippen molar-refractivity contribution in [2.45, 2.75) is 31.7 Å². The predicted octanol–water partition coefficient (Wildman–Crippen LogP) is 2.50. The number of nitrogens with zero attached hydrogens (tertiary/aromatic N) is 3. The lowest BCUT2D eigenvalue weighted by atomic mass is 9.98. The number of piperidine rings is 1. The summed E-state index contributed by atoms with van der Waals surface area (Å²) in [5, 5.41) is 0. The van der Waals surface area contributed by atoms with E-state index < -0.39 is 5.92 Å². The summed E-state index contributed by atoms with van der Waals surface area (Å²) in [6.45, 7) is 4.28. The highest BCUT2D eigenvalue weighted by Crippen LogP contribution is 2.29. The topological polar surface area (TPSA) is 43.9 Å². The van der Waals surface area contributed by atoms with Gasteiger partial charge in [0.25, 0.3) is 0 Å². The summed E-state index contributed by atoms with van der Waals surface area (Å²) in [5.41, 5.74) is 0.867. The van der Waals surface area contributed by atoms with Crippen LogP contribution in [0, 0.1) is 5.92 Å². The number of carbonyl (C=O) groups excluding carboxylic acids is 2. The summed E-state index contributed by atoms with van der Waals surface area (Å²) in [4.78, 5) is 32.0. The van der Waals surface area contributed by atoms with Gasteiger partial charge in [0.2, 0.25) is 11.8 Å². The number of benzene rings is 1. The molecule has 134 valence electrons. The van der Waals surface area contributed by atoms with Crippen molar-refractivity contribution in [1.82, 2.24) is 9.80 Å². The average Bonchev–Trinajstić information content (AvgIpc) is 3.02. The van der Waals surface area contributed by atoms with Crippen LogP contribution < -0.4 is 4.90 Å². The van der Waals surface area contributed by atoms with E-state index in [4.69, 9.17) is 0 Å². The molecule has 4 rings (SSSR count). The molecular formula is C19H24BrN3O2. The number of hydrogen-bond acceptors (Lipinski definition) is 3. The van der Waals surface area contributed by atoms with Crippen molar-refractivity contribution in [2.24, 2.45) is 5.92 Å². The molecule has 3 aliphatic heterocycles. The molecule has 0 spiro atoms. The summed E-state index contributed by atoms with van der Waals surface area (Å²) in [6, 6.07) is 8.21. The quantitative estimate of drug-likeness (QED) is 0.709. The summed E-state index contributed by atoms with van der Waals surface area (Å²) in [5.74, 6) is -0.518. The Hall–Kier alpha value is -1.40. The average molecular weight is 406 g/mol. The van der Waals surface area contributed by atoms with E-state index in [0.29, 0.717) is 19.0 Å². The minimum atomic E-state index is -0.505. The zero-order chi connectivity index (χ0) is 17.4. The zero-order valence-corrected chi connectivity index (χ0v) is 16.0. The van der Waals surface area contributed by atoms with Crippen LogP contribution in [-0.2, 0) is 9.59 Å². The van der Waals surface area contributed by atoms with Gasteiger partial charge in [0.15, 0.2) is 0 Å². The van der Waals surface area contributed by atoms with Gasteiger partial charge in [0, 0.05) is 42.4 Å². The molecule has 0 unspecified atom stereocenters. The molecule has 3 heterocycles. The molecule has 2 atom stereocenters. The molecular weight excluding hydrogens is 382 g/mol. The molecule has 1 aromatic rings. The number of piperazine rings is 1. The SMILES string of the molecule is O=C([C@H]1CCN(c2cccc(Br)c2)C1=O)N1CCN2CCCC[C@@H]2C1. The molecule has 25 heavy (non-hydrogen) atoms. The molecule has 0 bridgehead atoms. The first-order chi connectivity index (χ1) is 12.1. The number of rotatable bonds is 2. The monoisotopic (exact) mass is 405 g/mol. The number of amides is 2. The number of hydrogen-bond donors (Lipinski definition) is 0. The van der Waals surface area contributed by atoms with Crippen LogP contribution in [-0.4, -0.2) is 60.4 Å². The van der Waals surface area contributed by atoms with Gasteiger partial charge in [-0.25, -0.2) is 0 Å². The summed E-state index contributed by atoms with van der Waals surface area (Å²) >= 11 is 3.45. The molecule has 0 radical (unpaired) electrons. The predicted molar refractivity (Wildman–Crippen MR) is 100 cm³/mol. The van der Waals surface area contributed by atoms with E-state index in [9.17, 15) is 9.59 Å². The first kappa shape index (κ1) is 17.0. The third-order valence-corrected chi connectivity index (χ3v) is 6.27. The van der Waals surface area contributed by atoms with Crippen molar-refractivity contribution in [3.63, 3.8) is 0 Å². The summed E-state index contributed by atoms with van der Waals surface area (Å²) in [7, 11) is 0. The van der Waals surface area contributed by atoms with Crippen LogP contribution in [0.15, 0.2) is 28.7 Å². The number of halogens is 1. The molecule has 2 amide bonds. The van der Waals surface area contributed by atoms with Crippen LogP contribution in [0.1, 0.15) is 25.7 Å². The lowest BCUT2D eigenvalue weighted by molar-refractivity contribution is -0.142. The largest absolute Gasteiger partial charge is 0.339 e. The van der Waals surface area contributed by atoms with Gasteiger partial charge < -0.3 is 9.80 Å². The highest BCUT2D eigenvalue weighted by molar-refractivity contribution is 9.10. The molecule has 3 aliphatic rings. The Morgan fingerprint density at radius 2 is 1.96 bits per heavy atom. The molecule has 3 saturated heterocycles. The summed E-state index contributed by atoms with van der Waals surface area (Å²) in [6.07, 6.45) is 4.32. The van der Waals surface area contributed by atoms with E-state index in [1.807, 2.05) is 29.2 Å². The van der Waals surface area contributed by atoms with E-state index in [1.54, 1.807) is 4.90 Å². The molecule has 0 aromatic heterocycles. The number of carbonyl (C=O) groups is 2. The molecule has 6 heteroatoms. The first-order valence-electron chi connectivity index (χ1n) is 9.23. The van der Waals surface area contributed by atoms with E-state index in [-0.39, 0.29) is 11.8 Å². The Balaban J connectivity index is 1.43. The van der Waals surface area contributed by atoms with Crippen molar-refractivity contribution in [3.05, 3.63) is 28.7 Å². The van der Waals surface area contributed by atoms with Gasteiger partial charge in [-0.2, -0.15) is 0 Å². The van der Waals surface area contributed by atoms with E-state index in [2.05, 4.69) is 20.8 Å². The van der Waals surface area contributed by atoms with Crippen molar-refractivity contribution >= 4 is 33.4 Å². The summed E-state index contributed by atoms with van der Waals surface area (Å²) < 4.78 is 0.945. The lowest BCUT2D eigenvalue weighted by Gasteiger charge is -2.44. The van der Waals surface area contributed by atoms with Gasteiger partial charge in [0.05, 0.1) is 0 Å². The lowest BCUT2D eigenvalue weighted by Crippen LogP contribution is -2.57. The van der Waals surface area contributed by atoms with Crippen molar-refractivity contribution < 1.29 is 9.59 Å². The van der Waals surface area contributed by atoms with Crippen LogP contribution >= 0.6 is 15.9 Å². The Morgan fingerprint density at radius 3 is 2.80 bits per heavy atom. The van der Waals surface area contributed by atoms with E-state index in [0.717, 1.165) is 36.3 Å². The second-order valence-corrected chi connectivity index (χ2v) is 8.20. The molecule has 0 N–H and O–H groups in total. The standard InChI is InChI=1S/C19H24BrN3O2/c20-14-4-3-6-15(12-14)23-9-7-17(19(23)25)18(24)22-11-10-21-8-2-1-5-16(21)13-22/h3-4,6,12,16-17H,1-2,5,7-11,13H2/t16-,17-/m1/s1. The maximum atomic E-state index is 13.0. The molecule has 1 aromatic carbocycles. The minimum Gasteiger partial charge on any atom is -0.339 e. The van der Waals surface area contributed by atoms with Crippen LogP contribution in [0.3, 0.4) is 0 Å². The van der Waals surface area contributed by atoms with E-state index >= 15 is 0 Å². The van der Waals surface area contributed by atoms with Gasteiger partial charge >= 0.3 is 0 Å². The number of fused-ring (bicyclic) bond motifs is 1. The second kappa shape index (κ2) is 7.08. The maximum Gasteiger partial charge on any atom is 0.239 e.